The number of hydrogen-bond acceptors (Lipinski definition) is 5. The van der Waals surface area contributed by atoms with Gasteiger partial charge in [0.25, 0.3) is 0 Å². The maximum Gasteiger partial charge on any atom is 0.249 e. The van der Waals surface area contributed by atoms with E-state index in [4.69, 9.17) is 0 Å². The number of nitrogens with one attached hydrogen (secondary N) is 2. The Morgan fingerprint density at radius 1 is 1.03 bits per heavy atom. The van der Waals surface area contributed by atoms with Crippen LogP contribution < -0.4 is 10.2 Å². The maximum absolute atomic E-state index is 13.4. The number of aryl methyl sites for hydroxylation is 1. The van der Waals surface area contributed by atoms with E-state index in [1.54, 1.807) is 4.90 Å². The fourth-order valence-corrected chi connectivity index (χ4v) is 4.44. The highest BCUT2D eigenvalue weighted by Crippen LogP contribution is 2.31. The molecule has 0 saturated carbocycles. The number of benzene rings is 3. The first-order valence-electron chi connectivity index (χ1n) is 11.2. The van der Waals surface area contributed by atoms with Crippen molar-refractivity contribution in [2.24, 2.45) is 0 Å². The molecule has 1 atom stereocenters. The molecule has 5 rings (SSSR count). The van der Waals surface area contributed by atoms with Crippen LogP contribution in [-0.4, -0.2) is 38.5 Å². The fraction of sp³-hybridized carbons (Fsp3) is 0.192. The monoisotopic (exact) mass is 452 g/mol. The number of para-hydroxylation sites is 1. The summed E-state index contributed by atoms with van der Waals surface area (Å²) in [6.45, 7) is 1.86. The summed E-state index contributed by atoms with van der Waals surface area (Å²) in [4.78, 5) is 26.9. The minimum Gasteiger partial charge on any atom is -0.345 e. The highest BCUT2D eigenvalue weighted by Gasteiger charge is 2.30. The minimum atomic E-state index is -0.536. The number of H-pyrrole nitrogens is 1. The van der Waals surface area contributed by atoms with Crippen LogP contribution in [0.2, 0.25) is 0 Å². The lowest BCUT2D eigenvalue weighted by molar-refractivity contribution is -0.126. The number of fused-ring (bicyclic) bond motifs is 1. The first-order chi connectivity index (χ1) is 16.6. The van der Waals surface area contributed by atoms with Crippen molar-refractivity contribution in [2.45, 2.75) is 32.4 Å². The second-order valence-corrected chi connectivity index (χ2v) is 8.32. The summed E-state index contributed by atoms with van der Waals surface area (Å²) in [5, 5.41) is 17.2. The lowest BCUT2D eigenvalue weighted by atomic mass is 9.98. The number of aromatic amines is 1. The van der Waals surface area contributed by atoms with Gasteiger partial charge in [-0.1, -0.05) is 66.7 Å². The van der Waals surface area contributed by atoms with Gasteiger partial charge >= 0.3 is 0 Å². The Morgan fingerprint density at radius 2 is 1.76 bits per heavy atom. The summed E-state index contributed by atoms with van der Waals surface area (Å²) in [7, 11) is 0. The molecule has 0 fully saturated rings. The summed E-state index contributed by atoms with van der Waals surface area (Å²) in [5.41, 5.74) is 5.90. The van der Waals surface area contributed by atoms with Crippen molar-refractivity contribution in [3.63, 3.8) is 0 Å². The molecule has 3 aromatic carbocycles. The zero-order chi connectivity index (χ0) is 23.5. The smallest absolute Gasteiger partial charge is 0.249 e. The molecule has 2 N–H and O–H groups in total. The van der Waals surface area contributed by atoms with Gasteiger partial charge in [-0.15, -0.1) is 10.2 Å². The molecule has 34 heavy (non-hydrogen) atoms. The Hall–Kier alpha value is -4.33. The zero-order valence-electron chi connectivity index (χ0n) is 18.7. The zero-order valence-corrected chi connectivity index (χ0v) is 18.7. The van der Waals surface area contributed by atoms with Crippen LogP contribution in [0.4, 0.5) is 5.69 Å². The van der Waals surface area contributed by atoms with Crippen molar-refractivity contribution in [3.05, 3.63) is 83.9 Å². The molecule has 8 heteroatoms. The van der Waals surface area contributed by atoms with Crippen LogP contribution >= 0.6 is 0 Å². The van der Waals surface area contributed by atoms with Crippen LogP contribution in [0.5, 0.6) is 0 Å². The molecular formula is C26H24N6O2. The molecule has 0 aliphatic carbocycles. The average Bonchev–Trinajstić information content (AvgIpc) is 3.36. The third-order valence-corrected chi connectivity index (χ3v) is 6.05. The number of aromatic nitrogens is 4. The van der Waals surface area contributed by atoms with E-state index in [0.717, 1.165) is 39.9 Å². The summed E-state index contributed by atoms with van der Waals surface area (Å²) >= 11 is 0. The van der Waals surface area contributed by atoms with E-state index in [1.165, 1.54) is 6.92 Å². The number of carbonyl (C=O) groups excluding carboxylic acids is 2. The Bertz CT molecular complexity index is 1320. The van der Waals surface area contributed by atoms with Crippen molar-refractivity contribution in [3.8, 4) is 22.5 Å². The first kappa shape index (κ1) is 21.5. The van der Waals surface area contributed by atoms with Gasteiger partial charge in [-0.05, 0) is 46.4 Å². The number of amides is 2. The summed E-state index contributed by atoms with van der Waals surface area (Å²) < 4.78 is 0. The molecule has 2 heterocycles. The van der Waals surface area contributed by atoms with Crippen LogP contribution in [0, 0.1) is 0 Å². The quantitative estimate of drug-likeness (QED) is 0.482. The minimum absolute atomic E-state index is 0.0910. The van der Waals surface area contributed by atoms with Crippen LogP contribution in [0.1, 0.15) is 24.5 Å². The predicted molar refractivity (Wildman–Crippen MR) is 129 cm³/mol. The maximum atomic E-state index is 13.4. The number of tetrazole rings is 1. The largest absolute Gasteiger partial charge is 0.345 e. The number of nitrogens with zero attached hydrogens (tertiary/aromatic N) is 4. The van der Waals surface area contributed by atoms with Crippen molar-refractivity contribution in [1.29, 1.82) is 0 Å². The normalized spacial score (nSPS) is 15.5. The molecule has 1 aliphatic rings. The van der Waals surface area contributed by atoms with E-state index in [1.807, 2.05) is 72.8 Å². The SMILES string of the molecule is CC(=O)N[C@@H]1CCc2ccccc2N(Cc2ccc(-c3ccccc3-c3nn[nH]n3)cc2)C1=O. The molecule has 4 aromatic rings. The van der Waals surface area contributed by atoms with Crippen LogP contribution in [-0.2, 0) is 22.6 Å². The molecule has 0 unspecified atom stereocenters. The van der Waals surface area contributed by atoms with E-state index in [9.17, 15) is 9.59 Å². The fourth-order valence-electron chi connectivity index (χ4n) is 4.44. The summed E-state index contributed by atoms with van der Waals surface area (Å²) in [5.74, 6) is 0.246. The van der Waals surface area contributed by atoms with Crippen molar-refractivity contribution >= 4 is 17.5 Å². The molecule has 1 aromatic heterocycles. The lowest BCUT2D eigenvalue weighted by Gasteiger charge is -2.26. The van der Waals surface area contributed by atoms with Gasteiger partial charge in [-0.2, -0.15) is 5.21 Å². The molecule has 2 amide bonds. The van der Waals surface area contributed by atoms with E-state index in [0.29, 0.717) is 18.8 Å². The number of carbonyl (C=O) groups is 2. The third kappa shape index (κ3) is 4.30. The predicted octanol–water partition coefficient (Wildman–Crippen LogP) is 3.52. The molecule has 170 valence electrons. The Balaban J connectivity index is 1.44. The number of rotatable bonds is 5. The van der Waals surface area contributed by atoms with Crippen molar-refractivity contribution in [1.82, 2.24) is 25.9 Å². The first-order valence-corrected chi connectivity index (χ1v) is 11.2. The Kier molecular flexibility index (Phi) is 5.86. The third-order valence-electron chi connectivity index (χ3n) is 6.05. The summed E-state index contributed by atoms with van der Waals surface area (Å²) in [6.07, 6.45) is 1.31. The van der Waals surface area contributed by atoms with E-state index in [2.05, 4.69) is 25.9 Å². The molecule has 8 nitrogen and oxygen atoms in total. The van der Waals surface area contributed by atoms with Crippen LogP contribution in [0.3, 0.4) is 0 Å². The van der Waals surface area contributed by atoms with Crippen molar-refractivity contribution in [2.75, 3.05) is 4.90 Å². The molecule has 0 spiro atoms. The van der Waals surface area contributed by atoms with Gasteiger partial charge in [-0.25, -0.2) is 0 Å². The van der Waals surface area contributed by atoms with Crippen molar-refractivity contribution < 1.29 is 9.59 Å². The van der Waals surface area contributed by atoms with Crippen LogP contribution in [0.15, 0.2) is 72.8 Å². The van der Waals surface area contributed by atoms with E-state index in [-0.39, 0.29) is 11.8 Å². The Labute approximate surface area is 197 Å². The highest BCUT2D eigenvalue weighted by molar-refractivity contribution is 6.00. The van der Waals surface area contributed by atoms with E-state index >= 15 is 0 Å². The second-order valence-electron chi connectivity index (χ2n) is 8.32. The van der Waals surface area contributed by atoms with Gasteiger partial charge in [-0.3, -0.25) is 9.59 Å². The molecule has 1 aliphatic heterocycles. The van der Waals surface area contributed by atoms with Gasteiger partial charge in [0.15, 0.2) is 0 Å². The number of anilines is 1. The van der Waals surface area contributed by atoms with Gasteiger partial charge in [0.1, 0.15) is 6.04 Å². The second kappa shape index (κ2) is 9.27. The standard InChI is InChI=1S/C26H24N6O2/c1-17(33)27-23-15-14-20-6-2-5-9-24(20)32(26(23)34)16-18-10-12-19(13-11-18)21-7-3-4-8-22(21)25-28-30-31-29-25/h2-13,23H,14-16H2,1H3,(H,27,33)(H,28,29,30,31)/t23-/m1/s1. The molecule has 0 saturated heterocycles. The Morgan fingerprint density at radius 3 is 2.50 bits per heavy atom. The topological polar surface area (TPSA) is 104 Å². The van der Waals surface area contributed by atoms with Gasteiger partial charge in [0.05, 0.1) is 6.54 Å². The summed E-state index contributed by atoms with van der Waals surface area (Å²) in [6, 6.07) is 23.4. The number of hydrogen-bond donors (Lipinski definition) is 2. The molecular weight excluding hydrogens is 428 g/mol. The van der Waals surface area contributed by atoms with E-state index < -0.39 is 6.04 Å². The molecule has 0 bridgehead atoms. The van der Waals surface area contributed by atoms with Gasteiger partial charge in [0.2, 0.25) is 17.6 Å². The van der Waals surface area contributed by atoms with Gasteiger partial charge < -0.3 is 10.2 Å². The molecule has 0 radical (unpaired) electrons. The average molecular weight is 453 g/mol. The highest BCUT2D eigenvalue weighted by atomic mass is 16.2. The van der Waals surface area contributed by atoms with Gasteiger partial charge in [0, 0.05) is 18.2 Å². The lowest BCUT2D eigenvalue weighted by Crippen LogP contribution is -2.47. The van der Waals surface area contributed by atoms with Crippen LogP contribution in [0.25, 0.3) is 22.5 Å².